The summed E-state index contributed by atoms with van der Waals surface area (Å²) in [7, 11) is 0. The van der Waals surface area contributed by atoms with Crippen molar-refractivity contribution in [3.63, 3.8) is 0 Å². The third-order valence-corrected chi connectivity index (χ3v) is 6.63. The number of hydrogen-bond acceptors (Lipinski definition) is 6. The molecule has 8 heteroatoms. The molecular formula is C18H19ClN4OS2. The molecule has 1 saturated heterocycles. The molecule has 0 atom stereocenters. The van der Waals surface area contributed by atoms with Gasteiger partial charge in [-0.15, -0.1) is 21.5 Å². The number of thioether (sulfide) groups is 1. The Labute approximate surface area is 165 Å². The lowest BCUT2D eigenvalue weighted by molar-refractivity contribution is 0.122. The second kappa shape index (κ2) is 8.00. The summed E-state index contributed by atoms with van der Waals surface area (Å²) in [5.74, 6) is 1.71. The van der Waals surface area contributed by atoms with Crippen molar-refractivity contribution in [1.82, 2.24) is 14.8 Å². The summed E-state index contributed by atoms with van der Waals surface area (Å²) in [6.07, 6.45) is 0. The fourth-order valence-electron chi connectivity index (χ4n) is 2.91. The van der Waals surface area contributed by atoms with Crippen LogP contribution < -0.4 is 4.90 Å². The van der Waals surface area contributed by atoms with Crippen LogP contribution in [-0.4, -0.2) is 41.1 Å². The third kappa shape index (κ3) is 3.76. The van der Waals surface area contributed by atoms with E-state index in [1.807, 2.05) is 6.07 Å². The van der Waals surface area contributed by atoms with Crippen LogP contribution in [0.5, 0.6) is 0 Å². The van der Waals surface area contributed by atoms with Crippen LogP contribution in [0.25, 0.3) is 5.69 Å². The number of anilines is 1. The van der Waals surface area contributed by atoms with E-state index in [9.17, 15) is 0 Å². The van der Waals surface area contributed by atoms with Crippen LogP contribution in [0, 0.1) is 6.92 Å². The molecule has 1 aromatic carbocycles. The first kappa shape index (κ1) is 17.9. The van der Waals surface area contributed by atoms with E-state index >= 15 is 0 Å². The summed E-state index contributed by atoms with van der Waals surface area (Å²) in [4.78, 5) is 3.47. The van der Waals surface area contributed by atoms with Gasteiger partial charge < -0.3 is 9.64 Å². The summed E-state index contributed by atoms with van der Waals surface area (Å²) >= 11 is 9.35. The molecule has 136 valence electrons. The fourth-order valence-corrected chi connectivity index (χ4v) is 4.98. The SMILES string of the molecule is Cc1ccccc1-n1c(SCc2ccc(Cl)s2)nnc1N1CCOCC1. The summed E-state index contributed by atoms with van der Waals surface area (Å²) in [6.45, 7) is 5.21. The maximum atomic E-state index is 6.05. The molecular weight excluding hydrogens is 388 g/mol. The van der Waals surface area contributed by atoms with Crippen molar-refractivity contribution in [3.05, 3.63) is 51.2 Å². The van der Waals surface area contributed by atoms with E-state index in [0.717, 1.165) is 53.2 Å². The summed E-state index contributed by atoms with van der Waals surface area (Å²) in [5, 5.41) is 9.90. The number of hydrogen-bond donors (Lipinski definition) is 0. The molecule has 0 bridgehead atoms. The van der Waals surface area contributed by atoms with Crippen LogP contribution in [0.4, 0.5) is 5.95 Å². The highest BCUT2D eigenvalue weighted by Crippen LogP contribution is 2.32. The topological polar surface area (TPSA) is 43.2 Å². The maximum Gasteiger partial charge on any atom is 0.232 e. The predicted molar refractivity (Wildman–Crippen MR) is 108 cm³/mol. The van der Waals surface area contributed by atoms with Crippen molar-refractivity contribution >= 4 is 40.6 Å². The molecule has 1 aliphatic heterocycles. The van der Waals surface area contributed by atoms with Gasteiger partial charge in [-0.2, -0.15) is 0 Å². The Morgan fingerprint density at radius 2 is 1.96 bits per heavy atom. The monoisotopic (exact) mass is 406 g/mol. The van der Waals surface area contributed by atoms with E-state index in [1.54, 1.807) is 23.1 Å². The van der Waals surface area contributed by atoms with Gasteiger partial charge in [0.2, 0.25) is 5.95 Å². The molecule has 3 heterocycles. The number of nitrogens with zero attached hydrogens (tertiary/aromatic N) is 4. The number of thiophene rings is 1. The molecule has 0 N–H and O–H groups in total. The van der Waals surface area contributed by atoms with E-state index in [2.05, 4.69) is 56.9 Å². The predicted octanol–water partition coefficient (Wildman–Crippen LogP) is 4.42. The molecule has 0 radical (unpaired) electrons. The molecule has 3 aromatic rings. The molecule has 0 spiro atoms. The minimum absolute atomic E-state index is 0.719. The van der Waals surface area contributed by atoms with Gasteiger partial charge >= 0.3 is 0 Å². The molecule has 1 fully saturated rings. The van der Waals surface area contributed by atoms with E-state index in [1.165, 1.54) is 10.4 Å². The van der Waals surface area contributed by atoms with Crippen LogP contribution in [0.3, 0.4) is 0 Å². The number of benzene rings is 1. The molecule has 5 nitrogen and oxygen atoms in total. The number of rotatable bonds is 5. The van der Waals surface area contributed by atoms with Gasteiger partial charge in [-0.25, -0.2) is 0 Å². The van der Waals surface area contributed by atoms with Crippen molar-refractivity contribution in [3.8, 4) is 5.69 Å². The molecule has 1 aliphatic rings. The van der Waals surface area contributed by atoms with E-state index < -0.39 is 0 Å². The second-order valence-corrected chi connectivity index (χ2v) is 8.74. The fraction of sp³-hybridized carbons (Fsp3) is 0.333. The van der Waals surface area contributed by atoms with E-state index in [-0.39, 0.29) is 0 Å². The van der Waals surface area contributed by atoms with Crippen LogP contribution in [0.1, 0.15) is 10.4 Å². The number of morpholine rings is 1. The highest BCUT2D eigenvalue weighted by molar-refractivity contribution is 7.98. The number of para-hydroxylation sites is 1. The molecule has 4 rings (SSSR count). The average Bonchev–Trinajstić information content (AvgIpc) is 3.27. The number of aryl methyl sites for hydroxylation is 1. The highest BCUT2D eigenvalue weighted by atomic mass is 35.5. The smallest absolute Gasteiger partial charge is 0.232 e. The van der Waals surface area contributed by atoms with Crippen molar-refractivity contribution in [2.45, 2.75) is 17.8 Å². The molecule has 0 amide bonds. The Kier molecular flexibility index (Phi) is 5.49. The van der Waals surface area contributed by atoms with Gasteiger partial charge in [0.05, 0.1) is 23.2 Å². The van der Waals surface area contributed by atoms with Crippen LogP contribution in [-0.2, 0) is 10.5 Å². The molecule has 26 heavy (non-hydrogen) atoms. The van der Waals surface area contributed by atoms with Crippen LogP contribution >= 0.6 is 34.7 Å². The Balaban J connectivity index is 1.69. The Bertz CT molecular complexity index is 889. The normalized spacial score (nSPS) is 14.8. The van der Waals surface area contributed by atoms with Gasteiger partial charge in [-0.1, -0.05) is 41.6 Å². The lowest BCUT2D eigenvalue weighted by Crippen LogP contribution is -2.38. The largest absolute Gasteiger partial charge is 0.378 e. The standard InChI is InChI=1S/C18H19ClN4OS2/c1-13-4-2-3-5-15(13)23-17(22-8-10-24-11-9-22)20-21-18(23)25-12-14-6-7-16(19)26-14/h2-7H,8-12H2,1H3. The van der Waals surface area contributed by atoms with E-state index in [4.69, 9.17) is 16.3 Å². The highest BCUT2D eigenvalue weighted by Gasteiger charge is 2.22. The van der Waals surface area contributed by atoms with Gasteiger partial charge in [0.15, 0.2) is 5.16 Å². The van der Waals surface area contributed by atoms with Gasteiger partial charge in [-0.3, -0.25) is 4.57 Å². The first-order valence-corrected chi connectivity index (χ1v) is 10.6. The molecule has 0 aliphatic carbocycles. The summed E-state index contributed by atoms with van der Waals surface area (Å²) < 4.78 is 8.47. The third-order valence-electron chi connectivity index (χ3n) is 4.24. The van der Waals surface area contributed by atoms with E-state index in [0.29, 0.717) is 0 Å². The quantitative estimate of drug-likeness (QED) is 0.587. The minimum Gasteiger partial charge on any atom is -0.378 e. The lowest BCUT2D eigenvalue weighted by atomic mass is 10.2. The zero-order valence-corrected chi connectivity index (χ0v) is 16.8. The van der Waals surface area contributed by atoms with Gasteiger partial charge in [0, 0.05) is 23.7 Å². The zero-order chi connectivity index (χ0) is 17.9. The minimum atomic E-state index is 0.719. The number of ether oxygens (including phenoxy) is 1. The lowest BCUT2D eigenvalue weighted by Gasteiger charge is -2.28. The maximum absolute atomic E-state index is 6.05. The number of aromatic nitrogens is 3. The summed E-state index contributed by atoms with van der Waals surface area (Å²) in [5.41, 5.74) is 2.31. The first-order chi connectivity index (χ1) is 12.7. The second-order valence-electron chi connectivity index (χ2n) is 6.00. The van der Waals surface area contributed by atoms with Gasteiger partial charge in [0.25, 0.3) is 0 Å². The molecule has 0 unspecified atom stereocenters. The van der Waals surface area contributed by atoms with Crippen molar-refractivity contribution in [1.29, 1.82) is 0 Å². The van der Waals surface area contributed by atoms with Crippen LogP contribution in [0.2, 0.25) is 4.34 Å². The Hall–Kier alpha value is -1.54. The molecule has 0 saturated carbocycles. The number of halogens is 1. The average molecular weight is 407 g/mol. The van der Waals surface area contributed by atoms with Crippen molar-refractivity contribution in [2.24, 2.45) is 0 Å². The molecule has 2 aromatic heterocycles. The van der Waals surface area contributed by atoms with Crippen molar-refractivity contribution < 1.29 is 4.74 Å². The van der Waals surface area contributed by atoms with Crippen molar-refractivity contribution in [2.75, 3.05) is 31.2 Å². The summed E-state index contributed by atoms with van der Waals surface area (Å²) in [6, 6.07) is 12.3. The first-order valence-electron chi connectivity index (χ1n) is 8.43. The Morgan fingerprint density at radius 1 is 1.15 bits per heavy atom. The van der Waals surface area contributed by atoms with Crippen LogP contribution in [0.15, 0.2) is 41.6 Å². The van der Waals surface area contributed by atoms with Gasteiger partial charge in [0.1, 0.15) is 0 Å². The van der Waals surface area contributed by atoms with Gasteiger partial charge in [-0.05, 0) is 30.7 Å². The Morgan fingerprint density at radius 3 is 2.69 bits per heavy atom. The zero-order valence-electron chi connectivity index (χ0n) is 14.4.